The summed E-state index contributed by atoms with van der Waals surface area (Å²) in [7, 11) is 0. The molecular formula is C23H32N2O3. The molecule has 3 aliphatic rings. The molecular weight excluding hydrogens is 352 g/mol. The van der Waals surface area contributed by atoms with E-state index >= 15 is 0 Å². The molecule has 5 nitrogen and oxygen atoms in total. The van der Waals surface area contributed by atoms with Crippen molar-refractivity contribution in [3.63, 3.8) is 0 Å². The number of hydrogen-bond acceptors (Lipinski definition) is 3. The Labute approximate surface area is 167 Å². The van der Waals surface area contributed by atoms with Gasteiger partial charge >= 0.3 is 0 Å². The summed E-state index contributed by atoms with van der Waals surface area (Å²) in [6, 6.07) is 6.38. The minimum Gasteiger partial charge on any atom is -0.377 e. The molecule has 4 rings (SSSR count). The van der Waals surface area contributed by atoms with Crippen molar-refractivity contribution >= 4 is 11.8 Å². The van der Waals surface area contributed by atoms with Crippen molar-refractivity contribution in [1.29, 1.82) is 0 Å². The molecule has 1 saturated carbocycles. The average Bonchev–Trinajstić information content (AvgIpc) is 3.05. The van der Waals surface area contributed by atoms with Gasteiger partial charge in [-0.3, -0.25) is 9.59 Å². The van der Waals surface area contributed by atoms with Crippen molar-refractivity contribution in [2.75, 3.05) is 19.7 Å². The number of hydrogen-bond donors (Lipinski definition) is 1. The highest BCUT2D eigenvalue weighted by Crippen LogP contribution is 2.47. The van der Waals surface area contributed by atoms with Gasteiger partial charge in [0.1, 0.15) is 0 Å². The quantitative estimate of drug-likeness (QED) is 0.849. The summed E-state index contributed by atoms with van der Waals surface area (Å²) in [6.45, 7) is 6.18. The van der Waals surface area contributed by atoms with Crippen molar-refractivity contribution < 1.29 is 14.3 Å². The average molecular weight is 385 g/mol. The monoisotopic (exact) mass is 384 g/mol. The lowest BCUT2D eigenvalue weighted by molar-refractivity contribution is -0.156. The standard InChI is InChI=1S/C23H32N2O3/c1-16-11-17(2)13-18(12-16)14-21(26)24-15-19-6-9-25(19)22(27)23-7-4-3-5-20(23)28-10-8-23/h11-13,19-20H,3-10,14-15H2,1-2H3,(H,24,26). The molecule has 152 valence electrons. The van der Waals surface area contributed by atoms with Crippen LogP contribution in [0.3, 0.4) is 0 Å². The number of rotatable bonds is 5. The van der Waals surface area contributed by atoms with Crippen molar-refractivity contribution in [2.45, 2.75) is 70.9 Å². The molecule has 1 N–H and O–H groups in total. The zero-order chi connectivity index (χ0) is 19.7. The van der Waals surface area contributed by atoms with E-state index in [1.54, 1.807) is 0 Å². The van der Waals surface area contributed by atoms with Crippen LogP contribution in [0.25, 0.3) is 0 Å². The Morgan fingerprint density at radius 2 is 1.93 bits per heavy atom. The third-order valence-electron chi connectivity index (χ3n) is 6.83. The van der Waals surface area contributed by atoms with Crippen LogP contribution in [0.4, 0.5) is 0 Å². The first-order valence-electron chi connectivity index (χ1n) is 10.7. The van der Waals surface area contributed by atoms with Gasteiger partial charge in [-0.05, 0) is 45.1 Å². The van der Waals surface area contributed by atoms with Crippen LogP contribution in [0.2, 0.25) is 0 Å². The lowest BCUT2D eigenvalue weighted by Crippen LogP contribution is -2.61. The first kappa shape index (κ1) is 19.4. The molecule has 2 saturated heterocycles. The number of benzene rings is 1. The first-order valence-corrected chi connectivity index (χ1v) is 10.7. The van der Waals surface area contributed by atoms with E-state index in [2.05, 4.69) is 37.4 Å². The lowest BCUT2D eigenvalue weighted by atomic mass is 9.69. The Morgan fingerprint density at radius 3 is 2.64 bits per heavy atom. The van der Waals surface area contributed by atoms with Gasteiger partial charge in [0.2, 0.25) is 11.8 Å². The Kier molecular flexibility index (Phi) is 5.46. The van der Waals surface area contributed by atoms with Crippen LogP contribution >= 0.6 is 0 Å². The van der Waals surface area contributed by atoms with Gasteiger partial charge in [0.05, 0.1) is 24.0 Å². The number of likely N-dealkylation sites (tertiary alicyclic amines) is 1. The largest absolute Gasteiger partial charge is 0.377 e. The smallest absolute Gasteiger partial charge is 0.231 e. The minimum atomic E-state index is -0.292. The third kappa shape index (κ3) is 3.69. The van der Waals surface area contributed by atoms with Crippen LogP contribution in [0.1, 0.15) is 55.2 Å². The number of nitrogens with zero attached hydrogens (tertiary/aromatic N) is 1. The molecule has 2 aliphatic heterocycles. The maximum absolute atomic E-state index is 13.3. The molecule has 1 aliphatic carbocycles. The van der Waals surface area contributed by atoms with Crippen LogP contribution in [0.5, 0.6) is 0 Å². The van der Waals surface area contributed by atoms with Crippen LogP contribution in [-0.2, 0) is 20.7 Å². The lowest BCUT2D eigenvalue weighted by Gasteiger charge is -2.48. The topological polar surface area (TPSA) is 58.6 Å². The predicted octanol–water partition coefficient (Wildman–Crippen LogP) is 2.91. The summed E-state index contributed by atoms with van der Waals surface area (Å²) >= 11 is 0. The summed E-state index contributed by atoms with van der Waals surface area (Å²) in [5, 5.41) is 3.05. The Balaban J connectivity index is 1.32. The molecule has 3 atom stereocenters. The van der Waals surface area contributed by atoms with E-state index in [0.29, 0.717) is 19.6 Å². The Hall–Kier alpha value is -1.88. The molecule has 1 aromatic rings. The molecule has 1 aromatic carbocycles. The van der Waals surface area contributed by atoms with E-state index in [1.165, 1.54) is 11.1 Å². The van der Waals surface area contributed by atoms with E-state index in [9.17, 15) is 9.59 Å². The third-order valence-corrected chi connectivity index (χ3v) is 6.83. The molecule has 5 heteroatoms. The van der Waals surface area contributed by atoms with Gasteiger partial charge in [-0.2, -0.15) is 0 Å². The molecule has 2 heterocycles. The fourth-order valence-corrected chi connectivity index (χ4v) is 5.33. The van der Waals surface area contributed by atoms with E-state index in [4.69, 9.17) is 4.74 Å². The van der Waals surface area contributed by atoms with Gasteiger partial charge in [0, 0.05) is 19.7 Å². The molecule has 0 bridgehead atoms. The number of nitrogens with one attached hydrogen (secondary N) is 1. The summed E-state index contributed by atoms with van der Waals surface area (Å²) in [4.78, 5) is 27.7. The molecule has 3 fully saturated rings. The number of amides is 2. The Morgan fingerprint density at radius 1 is 1.14 bits per heavy atom. The summed E-state index contributed by atoms with van der Waals surface area (Å²) in [5.41, 5.74) is 3.11. The van der Waals surface area contributed by atoms with E-state index < -0.39 is 0 Å². The van der Waals surface area contributed by atoms with Gasteiger partial charge in [0.25, 0.3) is 0 Å². The normalized spacial score (nSPS) is 29.1. The molecule has 0 radical (unpaired) electrons. The van der Waals surface area contributed by atoms with Gasteiger partial charge in [-0.25, -0.2) is 0 Å². The zero-order valence-corrected chi connectivity index (χ0v) is 17.1. The highest BCUT2D eigenvalue weighted by Gasteiger charge is 2.54. The number of ether oxygens (including phenoxy) is 1. The van der Waals surface area contributed by atoms with Gasteiger partial charge in [-0.1, -0.05) is 42.2 Å². The number of carbonyl (C=O) groups is 2. The number of fused-ring (bicyclic) bond motifs is 1. The predicted molar refractivity (Wildman–Crippen MR) is 108 cm³/mol. The number of aryl methyl sites for hydroxylation is 2. The van der Waals surface area contributed by atoms with Crippen molar-refractivity contribution in [3.8, 4) is 0 Å². The highest BCUT2D eigenvalue weighted by molar-refractivity contribution is 5.85. The summed E-state index contributed by atoms with van der Waals surface area (Å²) < 4.78 is 5.90. The molecule has 0 aromatic heterocycles. The van der Waals surface area contributed by atoms with Gasteiger partial charge in [-0.15, -0.1) is 0 Å². The van der Waals surface area contributed by atoms with Gasteiger partial charge < -0.3 is 15.0 Å². The molecule has 0 spiro atoms. The summed E-state index contributed by atoms with van der Waals surface area (Å²) in [6.07, 6.45) is 6.58. The summed E-state index contributed by atoms with van der Waals surface area (Å²) in [5.74, 6) is 0.303. The second-order valence-corrected chi connectivity index (χ2v) is 8.93. The molecule has 28 heavy (non-hydrogen) atoms. The van der Waals surface area contributed by atoms with Crippen LogP contribution in [0.15, 0.2) is 18.2 Å². The van der Waals surface area contributed by atoms with E-state index in [1.807, 2.05) is 4.90 Å². The van der Waals surface area contributed by atoms with Crippen molar-refractivity contribution in [3.05, 3.63) is 34.9 Å². The maximum Gasteiger partial charge on any atom is 0.231 e. The Bertz CT molecular complexity index is 742. The second kappa shape index (κ2) is 7.86. The molecule has 2 amide bonds. The van der Waals surface area contributed by atoms with E-state index in [-0.39, 0.29) is 29.4 Å². The number of carbonyl (C=O) groups excluding carboxylic acids is 2. The van der Waals surface area contributed by atoms with Crippen LogP contribution in [-0.4, -0.2) is 48.6 Å². The fraction of sp³-hybridized carbons (Fsp3) is 0.652. The maximum atomic E-state index is 13.3. The highest BCUT2D eigenvalue weighted by atomic mass is 16.5. The zero-order valence-electron chi connectivity index (χ0n) is 17.1. The van der Waals surface area contributed by atoms with Crippen LogP contribution < -0.4 is 5.32 Å². The van der Waals surface area contributed by atoms with Crippen LogP contribution in [0, 0.1) is 19.3 Å². The molecule has 3 unspecified atom stereocenters. The SMILES string of the molecule is Cc1cc(C)cc(CC(=O)NCC2CCN2C(=O)C23CCCCC2OCC3)c1. The van der Waals surface area contributed by atoms with Gasteiger partial charge in [0.15, 0.2) is 0 Å². The first-order chi connectivity index (χ1) is 13.5. The second-order valence-electron chi connectivity index (χ2n) is 8.93. The fourth-order valence-electron chi connectivity index (χ4n) is 5.33. The van der Waals surface area contributed by atoms with E-state index in [0.717, 1.165) is 50.6 Å². The van der Waals surface area contributed by atoms with Crippen molar-refractivity contribution in [1.82, 2.24) is 10.2 Å². The minimum absolute atomic E-state index is 0.0298. The van der Waals surface area contributed by atoms with Crippen molar-refractivity contribution in [2.24, 2.45) is 5.41 Å².